The van der Waals surface area contributed by atoms with Crippen molar-refractivity contribution >= 4 is 45.4 Å². The summed E-state index contributed by atoms with van der Waals surface area (Å²) in [6.45, 7) is 2.67. The molecule has 2 amide bonds. The fourth-order valence-corrected chi connectivity index (χ4v) is 3.17. The topological polar surface area (TPSA) is 151 Å². The first-order valence-electron chi connectivity index (χ1n) is 8.48. The Morgan fingerprint density at radius 3 is 1.47 bits per heavy atom. The minimum atomic E-state index is -2.21. The fourth-order valence-electron chi connectivity index (χ4n) is 2.37. The Kier molecular flexibility index (Phi) is 8.47. The third-order valence-corrected chi connectivity index (χ3v) is 4.84. The minimum Gasteiger partial charge on any atom is -0.488 e. The lowest BCUT2D eigenvalue weighted by Crippen LogP contribution is -2.14. The molecule has 10 nitrogen and oxygen atoms in total. The van der Waals surface area contributed by atoms with E-state index in [1.54, 1.807) is 0 Å². The second-order valence-electron chi connectivity index (χ2n) is 5.87. The minimum absolute atomic E-state index is 0.0430. The van der Waals surface area contributed by atoms with Crippen molar-refractivity contribution in [2.24, 2.45) is 0 Å². The number of hydrogen-bond donors (Lipinski definition) is 4. The lowest BCUT2D eigenvalue weighted by molar-refractivity contribution is -0.115. The van der Waals surface area contributed by atoms with E-state index in [9.17, 15) is 27.1 Å². The van der Waals surface area contributed by atoms with Gasteiger partial charge in [-0.2, -0.15) is 0 Å². The number of hydrogen-bond acceptors (Lipinski definition) is 6. The van der Waals surface area contributed by atoms with Crippen LogP contribution in [-0.4, -0.2) is 42.6 Å². The predicted molar refractivity (Wildman–Crippen MR) is 111 cm³/mol. The fraction of sp³-hybridized carbons (Fsp3) is 0.222. The van der Waals surface area contributed by atoms with Crippen LogP contribution in [-0.2, 0) is 31.7 Å². The maximum absolute atomic E-state index is 11.4. The summed E-state index contributed by atoms with van der Waals surface area (Å²) in [6.07, 6.45) is 0. The van der Waals surface area contributed by atoms with Gasteiger partial charge in [-0.1, -0.05) is 0 Å². The van der Waals surface area contributed by atoms with Crippen molar-refractivity contribution < 1.29 is 36.6 Å². The zero-order chi connectivity index (χ0) is 22.3. The van der Waals surface area contributed by atoms with Gasteiger partial charge in [0.25, 0.3) is 0 Å². The third kappa shape index (κ3) is 6.91. The molecule has 0 heterocycles. The first kappa shape index (κ1) is 23.5. The molecule has 2 aromatic carbocycles. The zero-order valence-electron chi connectivity index (χ0n) is 16.0. The highest BCUT2D eigenvalue weighted by Crippen LogP contribution is 2.29. The smallest absolute Gasteiger partial charge is 0.221 e. The van der Waals surface area contributed by atoms with Gasteiger partial charge in [-0.3, -0.25) is 9.59 Å². The van der Waals surface area contributed by atoms with E-state index in [4.69, 9.17) is 9.47 Å². The summed E-state index contributed by atoms with van der Waals surface area (Å²) < 4.78 is 52.0. The molecule has 0 fully saturated rings. The van der Waals surface area contributed by atoms with E-state index in [1.165, 1.54) is 50.2 Å². The van der Waals surface area contributed by atoms with E-state index in [0.29, 0.717) is 0 Å². The molecular formula is C18H20N2O8S2. The summed E-state index contributed by atoms with van der Waals surface area (Å²) in [6, 6.07) is 8.33. The second-order valence-corrected chi connectivity index (χ2v) is 7.81. The first-order valence-corrected chi connectivity index (χ1v) is 10.7. The number of benzene rings is 2. The van der Waals surface area contributed by atoms with Gasteiger partial charge in [0, 0.05) is 13.8 Å². The summed E-state index contributed by atoms with van der Waals surface area (Å²) in [5.74, 6) is -0.205. The lowest BCUT2D eigenvalue weighted by atomic mass is 10.3. The Hall–Kier alpha value is -2.80. The van der Waals surface area contributed by atoms with Crippen molar-refractivity contribution in [3.63, 3.8) is 0 Å². The maximum Gasteiger partial charge on any atom is 0.221 e. The number of nitrogens with one attached hydrogen (secondary N) is 2. The normalized spacial score (nSPS) is 12.5. The Bertz CT molecular complexity index is 917. The van der Waals surface area contributed by atoms with Crippen LogP contribution < -0.4 is 20.1 Å². The van der Waals surface area contributed by atoms with E-state index < -0.39 is 22.2 Å². The van der Waals surface area contributed by atoms with Gasteiger partial charge in [0.15, 0.2) is 22.2 Å². The molecule has 2 atom stereocenters. The van der Waals surface area contributed by atoms with Gasteiger partial charge >= 0.3 is 0 Å². The molecule has 0 aromatic heterocycles. The number of ether oxygens (including phenoxy) is 2. The van der Waals surface area contributed by atoms with E-state index >= 15 is 0 Å². The second kappa shape index (κ2) is 10.8. The molecular weight excluding hydrogens is 436 g/mol. The monoisotopic (exact) mass is 456 g/mol. The molecule has 0 radical (unpaired) electrons. The van der Waals surface area contributed by atoms with Gasteiger partial charge in [-0.05, 0) is 36.4 Å². The van der Waals surface area contributed by atoms with Gasteiger partial charge in [0.2, 0.25) is 11.8 Å². The Morgan fingerprint density at radius 2 is 1.17 bits per heavy atom. The van der Waals surface area contributed by atoms with Crippen molar-refractivity contribution in [1.29, 1.82) is 0 Å². The van der Waals surface area contributed by atoms with Crippen LogP contribution in [0.1, 0.15) is 13.8 Å². The van der Waals surface area contributed by atoms with Crippen LogP contribution in [0.5, 0.6) is 11.5 Å². The molecule has 0 saturated carbocycles. The highest BCUT2D eigenvalue weighted by atomic mass is 32.2. The van der Waals surface area contributed by atoms with Crippen LogP contribution in [0.25, 0.3) is 0 Å². The molecule has 0 spiro atoms. The number of carbonyl (C=O) groups excluding carboxylic acids is 2. The average molecular weight is 456 g/mol. The molecule has 0 bridgehead atoms. The summed E-state index contributed by atoms with van der Waals surface area (Å²) in [5, 5.41) is 5.05. The molecule has 4 N–H and O–H groups in total. The molecule has 30 heavy (non-hydrogen) atoms. The Labute approximate surface area is 177 Å². The van der Waals surface area contributed by atoms with Gasteiger partial charge in [0.1, 0.15) is 24.7 Å². The van der Waals surface area contributed by atoms with Gasteiger partial charge < -0.3 is 29.2 Å². The number of anilines is 2. The predicted octanol–water partition coefficient (Wildman–Crippen LogP) is 2.22. The van der Waals surface area contributed by atoms with Crippen LogP contribution in [0.3, 0.4) is 0 Å². The van der Waals surface area contributed by atoms with Crippen LogP contribution in [0.4, 0.5) is 11.4 Å². The SMILES string of the molecule is CC(=O)Nc1cc(S(=O)O)ccc1OCCOc1ccc(S(=O)O)cc1NC(C)=O. The quantitative estimate of drug-likeness (QED) is 0.331. The van der Waals surface area contributed by atoms with E-state index in [0.717, 1.165) is 0 Å². The molecule has 12 heteroatoms. The summed E-state index contributed by atoms with van der Waals surface area (Å²) >= 11 is -4.43. The van der Waals surface area contributed by atoms with Crippen molar-refractivity contribution in [2.45, 2.75) is 23.6 Å². The molecule has 0 aliphatic rings. The highest BCUT2D eigenvalue weighted by Gasteiger charge is 2.12. The third-order valence-electron chi connectivity index (χ3n) is 3.53. The largest absolute Gasteiger partial charge is 0.488 e. The van der Waals surface area contributed by atoms with Crippen molar-refractivity contribution in [3.8, 4) is 11.5 Å². The van der Waals surface area contributed by atoms with Gasteiger partial charge in [-0.15, -0.1) is 0 Å². The van der Waals surface area contributed by atoms with Gasteiger partial charge in [0.05, 0.1) is 21.2 Å². The first-order chi connectivity index (χ1) is 14.2. The lowest BCUT2D eigenvalue weighted by Gasteiger charge is -2.15. The maximum atomic E-state index is 11.4. The van der Waals surface area contributed by atoms with E-state index in [2.05, 4.69) is 10.6 Å². The van der Waals surface area contributed by atoms with E-state index in [-0.39, 0.29) is 57.7 Å². The molecule has 162 valence electrons. The zero-order valence-corrected chi connectivity index (χ0v) is 17.7. The van der Waals surface area contributed by atoms with Crippen LogP contribution in [0.2, 0.25) is 0 Å². The Balaban J connectivity index is 2.07. The van der Waals surface area contributed by atoms with Crippen LogP contribution >= 0.6 is 0 Å². The molecule has 0 aliphatic carbocycles. The average Bonchev–Trinajstić information content (AvgIpc) is 2.65. The summed E-state index contributed by atoms with van der Waals surface area (Å²) in [7, 11) is 0. The molecule has 2 aromatic rings. The van der Waals surface area contributed by atoms with E-state index in [1.807, 2.05) is 0 Å². The van der Waals surface area contributed by atoms with Crippen LogP contribution in [0.15, 0.2) is 46.2 Å². The van der Waals surface area contributed by atoms with Crippen molar-refractivity contribution in [3.05, 3.63) is 36.4 Å². The van der Waals surface area contributed by atoms with Crippen LogP contribution in [0, 0.1) is 0 Å². The summed E-state index contributed by atoms with van der Waals surface area (Å²) in [4.78, 5) is 22.9. The molecule has 2 unspecified atom stereocenters. The van der Waals surface area contributed by atoms with Crippen molar-refractivity contribution in [1.82, 2.24) is 0 Å². The molecule has 0 aliphatic heterocycles. The number of carbonyl (C=O) groups is 2. The highest BCUT2D eigenvalue weighted by molar-refractivity contribution is 7.79. The molecule has 0 saturated heterocycles. The van der Waals surface area contributed by atoms with Crippen molar-refractivity contribution in [2.75, 3.05) is 23.8 Å². The number of amides is 2. The summed E-state index contributed by atoms with van der Waals surface area (Å²) in [5.41, 5.74) is 0.465. The van der Waals surface area contributed by atoms with Gasteiger partial charge in [-0.25, -0.2) is 8.42 Å². The Morgan fingerprint density at radius 1 is 0.800 bits per heavy atom. The number of rotatable bonds is 9. The molecule has 2 rings (SSSR count). The standard InChI is InChI=1S/C18H20N2O8S2/c1-11(21)19-15-9-13(29(23)24)3-5-17(15)27-7-8-28-18-6-4-14(30(25)26)10-16(18)20-12(2)22/h3-6,9-10H,7-8H2,1-2H3,(H,19,21)(H,20,22)(H,23,24)(H,25,26).